The molecule has 5 N–H and O–H groups in total. The molecular formula is C10H23IN4O2. The summed E-state index contributed by atoms with van der Waals surface area (Å²) in [4.78, 5) is 15.0. The Labute approximate surface area is 120 Å². The Hall–Kier alpha value is -0.730. The fourth-order valence-corrected chi connectivity index (χ4v) is 0.950. The molecule has 0 aliphatic heterocycles. The number of rotatable bonds is 5. The molecule has 0 saturated carbocycles. The average Bonchev–Trinajstić information content (AvgIpc) is 2.07. The molecule has 0 fully saturated rings. The van der Waals surface area contributed by atoms with E-state index in [4.69, 9.17) is 16.2 Å². The van der Waals surface area contributed by atoms with Crippen molar-refractivity contribution < 1.29 is 9.53 Å². The van der Waals surface area contributed by atoms with E-state index in [1.807, 2.05) is 20.8 Å². The van der Waals surface area contributed by atoms with Crippen molar-refractivity contribution in [3.05, 3.63) is 0 Å². The number of nitrogens with two attached hydrogens (primary N) is 2. The van der Waals surface area contributed by atoms with E-state index in [-0.39, 0.29) is 29.9 Å². The highest BCUT2D eigenvalue weighted by atomic mass is 127. The maximum absolute atomic E-state index is 11.2. The van der Waals surface area contributed by atoms with Crippen LogP contribution in [0, 0.1) is 0 Å². The van der Waals surface area contributed by atoms with Gasteiger partial charge in [0.2, 0.25) is 0 Å². The first kappa shape index (κ1) is 18.6. The second-order valence-corrected chi connectivity index (χ2v) is 4.44. The zero-order chi connectivity index (χ0) is 12.6. The second-order valence-electron chi connectivity index (χ2n) is 4.44. The summed E-state index contributed by atoms with van der Waals surface area (Å²) in [5.74, 6) is 0.0973. The van der Waals surface area contributed by atoms with Crippen LogP contribution < -0.4 is 16.8 Å². The van der Waals surface area contributed by atoms with Gasteiger partial charge in [-0.15, -0.1) is 24.0 Å². The van der Waals surface area contributed by atoms with Crippen molar-refractivity contribution in [2.45, 2.75) is 39.2 Å². The monoisotopic (exact) mass is 358 g/mol. The summed E-state index contributed by atoms with van der Waals surface area (Å²) in [5, 5.41) is 2.66. The van der Waals surface area contributed by atoms with Gasteiger partial charge in [0.25, 0.3) is 0 Å². The summed E-state index contributed by atoms with van der Waals surface area (Å²) in [6.07, 6.45) is 1.25. The summed E-state index contributed by atoms with van der Waals surface area (Å²) in [5.41, 5.74) is 9.87. The van der Waals surface area contributed by atoms with E-state index in [1.54, 1.807) is 0 Å². The molecule has 0 aliphatic carbocycles. The first-order chi connectivity index (χ1) is 7.31. The summed E-state index contributed by atoms with van der Waals surface area (Å²) in [6, 6.07) is 0. The summed E-state index contributed by atoms with van der Waals surface area (Å²) in [7, 11) is 0. The van der Waals surface area contributed by atoms with Crippen molar-refractivity contribution in [3.8, 4) is 0 Å². The Balaban J connectivity index is 0. The third kappa shape index (κ3) is 15.3. The minimum Gasteiger partial charge on any atom is -0.444 e. The predicted octanol–water partition coefficient (Wildman–Crippen LogP) is 1.18. The number of unbranched alkanes of at least 4 members (excludes halogenated alkanes) is 1. The van der Waals surface area contributed by atoms with Gasteiger partial charge in [0.15, 0.2) is 5.96 Å². The molecule has 17 heavy (non-hydrogen) atoms. The molecule has 0 aromatic heterocycles. The first-order valence-electron chi connectivity index (χ1n) is 5.33. The van der Waals surface area contributed by atoms with Crippen molar-refractivity contribution >= 4 is 36.0 Å². The Morgan fingerprint density at radius 1 is 1.29 bits per heavy atom. The summed E-state index contributed by atoms with van der Waals surface area (Å²) < 4.78 is 5.06. The van der Waals surface area contributed by atoms with Gasteiger partial charge in [-0.3, -0.25) is 4.99 Å². The maximum atomic E-state index is 11.2. The first-order valence-corrected chi connectivity index (χ1v) is 5.33. The third-order valence-electron chi connectivity index (χ3n) is 1.55. The molecule has 0 radical (unpaired) electrons. The maximum Gasteiger partial charge on any atom is 0.407 e. The van der Waals surface area contributed by atoms with Crippen LogP contribution in [0.3, 0.4) is 0 Å². The lowest BCUT2D eigenvalue weighted by Crippen LogP contribution is -2.33. The van der Waals surface area contributed by atoms with E-state index in [0.717, 1.165) is 12.8 Å². The molecule has 0 bridgehead atoms. The van der Waals surface area contributed by atoms with Crippen molar-refractivity contribution in [2.24, 2.45) is 16.5 Å². The highest BCUT2D eigenvalue weighted by Gasteiger charge is 2.15. The van der Waals surface area contributed by atoms with Crippen LogP contribution >= 0.6 is 24.0 Å². The van der Waals surface area contributed by atoms with Crippen molar-refractivity contribution in [3.63, 3.8) is 0 Å². The van der Waals surface area contributed by atoms with Gasteiger partial charge in [-0.05, 0) is 33.6 Å². The number of nitrogens with zero attached hydrogens (tertiary/aromatic N) is 1. The molecule has 102 valence electrons. The van der Waals surface area contributed by atoms with Gasteiger partial charge in [-0.25, -0.2) is 4.79 Å². The van der Waals surface area contributed by atoms with Crippen LogP contribution in [0.15, 0.2) is 4.99 Å². The topological polar surface area (TPSA) is 103 Å². The third-order valence-corrected chi connectivity index (χ3v) is 1.55. The quantitative estimate of drug-likeness (QED) is 0.297. The number of carbonyl (C=O) groups excluding carboxylic acids is 1. The van der Waals surface area contributed by atoms with Crippen LogP contribution in [-0.2, 0) is 4.74 Å². The molecule has 1 amide bonds. The smallest absolute Gasteiger partial charge is 0.407 e. The van der Waals surface area contributed by atoms with Gasteiger partial charge in [-0.2, -0.15) is 0 Å². The number of aliphatic imine (C=N–C) groups is 1. The Kier molecular flexibility index (Phi) is 10.2. The van der Waals surface area contributed by atoms with E-state index < -0.39 is 11.7 Å². The van der Waals surface area contributed by atoms with E-state index in [2.05, 4.69) is 10.3 Å². The lowest BCUT2D eigenvalue weighted by molar-refractivity contribution is 0.0527. The van der Waals surface area contributed by atoms with E-state index in [0.29, 0.717) is 13.1 Å². The SMILES string of the molecule is CC(C)(C)OC(=O)NCCCCN=C(N)N.I. The fraction of sp³-hybridized carbons (Fsp3) is 0.800. The molecule has 0 spiro atoms. The Morgan fingerprint density at radius 2 is 1.88 bits per heavy atom. The number of hydrogen-bond acceptors (Lipinski definition) is 3. The van der Waals surface area contributed by atoms with Gasteiger partial charge in [0.1, 0.15) is 5.60 Å². The summed E-state index contributed by atoms with van der Waals surface area (Å²) >= 11 is 0. The number of amides is 1. The van der Waals surface area contributed by atoms with Crippen LogP contribution in [0.1, 0.15) is 33.6 Å². The molecule has 0 unspecified atom stereocenters. The zero-order valence-electron chi connectivity index (χ0n) is 10.7. The Bertz CT molecular complexity index is 247. The number of halogens is 1. The number of ether oxygens (including phenoxy) is 1. The van der Waals surface area contributed by atoms with E-state index in [9.17, 15) is 4.79 Å². The molecule has 0 aliphatic rings. The van der Waals surface area contributed by atoms with Crippen LogP contribution in [0.5, 0.6) is 0 Å². The normalized spacial score (nSPS) is 10.1. The highest BCUT2D eigenvalue weighted by Crippen LogP contribution is 2.06. The number of carbonyl (C=O) groups is 1. The second kappa shape index (κ2) is 9.32. The van der Waals surface area contributed by atoms with Crippen LogP contribution in [0.25, 0.3) is 0 Å². The molecular weight excluding hydrogens is 335 g/mol. The predicted molar refractivity (Wildman–Crippen MR) is 79.6 cm³/mol. The van der Waals surface area contributed by atoms with Crippen molar-refractivity contribution in [2.75, 3.05) is 13.1 Å². The molecule has 0 heterocycles. The van der Waals surface area contributed by atoms with Gasteiger partial charge < -0.3 is 21.5 Å². The van der Waals surface area contributed by atoms with Crippen LogP contribution in [0.4, 0.5) is 4.79 Å². The van der Waals surface area contributed by atoms with Crippen molar-refractivity contribution in [1.82, 2.24) is 5.32 Å². The number of nitrogens with one attached hydrogen (secondary N) is 1. The Morgan fingerprint density at radius 3 is 2.35 bits per heavy atom. The minimum atomic E-state index is -0.456. The molecule has 7 heteroatoms. The molecule has 0 saturated heterocycles. The highest BCUT2D eigenvalue weighted by molar-refractivity contribution is 14.0. The summed E-state index contributed by atoms with van der Waals surface area (Å²) in [6.45, 7) is 6.62. The molecule has 0 aromatic carbocycles. The van der Waals surface area contributed by atoms with Gasteiger partial charge in [0.05, 0.1) is 0 Å². The molecule has 0 aromatic rings. The molecule has 0 atom stereocenters. The van der Waals surface area contributed by atoms with Crippen molar-refractivity contribution in [1.29, 1.82) is 0 Å². The lowest BCUT2D eigenvalue weighted by Gasteiger charge is -2.19. The standard InChI is InChI=1S/C10H22N4O2.HI/c1-10(2,3)16-9(15)14-7-5-4-6-13-8(11)12;/h4-7H2,1-3H3,(H,14,15)(H4,11,12,13);1H. The van der Waals surface area contributed by atoms with E-state index >= 15 is 0 Å². The van der Waals surface area contributed by atoms with Gasteiger partial charge in [-0.1, -0.05) is 0 Å². The molecule has 6 nitrogen and oxygen atoms in total. The van der Waals surface area contributed by atoms with Gasteiger partial charge in [0, 0.05) is 13.1 Å². The van der Waals surface area contributed by atoms with Crippen LogP contribution in [-0.4, -0.2) is 30.7 Å². The van der Waals surface area contributed by atoms with E-state index in [1.165, 1.54) is 0 Å². The number of alkyl carbamates (subject to hydrolysis) is 1. The fourth-order valence-electron chi connectivity index (χ4n) is 0.950. The van der Waals surface area contributed by atoms with Gasteiger partial charge >= 0.3 is 6.09 Å². The average molecular weight is 358 g/mol. The minimum absolute atomic E-state index is 0. The largest absolute Gasteiger partial charge is 0.444 e. The van der Waals surface area contributed by atoms with Crippen LogP contribution in [0.2, 0.25) is 0 Å². The molecule has 0 rings (SSSR count). The lowest BCUT2D eigenvalue weighted by atomic mass is 10.2. The zero-order valence-corrected chi connectivity index (χ0v) is 13.0. The number of hydrogen-bond donors (Lipinski definition) is 3. The number of guanidine groups is 1.